The largest absolute Gasteiger partial charge is 0.490 e. The van der Waals surface area contributed by atoms with Crippen molar-refractivity contribution in [1.29, 1.82) is 0 Å². The second kappa shape index (κ2) is 8.53. The Kier molecular flexibility index (Phi) is 6.13. The fourth-order valence-electron chi connectivity index (χ4n) is 3.03. The van der Waals surface area contributed by atoms with Gasteiger partial charge >= 0.3 is 5.97 Å². The van der Waals surface area contributed by atoms with Crippen molar-refractivity contribution in [2.75, 3.05) is 13.2 Å². The van der Waals surface area contributed by atoms with Gasteiger partial charge in [-0.25, -0.2) is 4.79 Å². The predicted molar refractivity (Wildman–Crippen MR) is 99.5 cm³/mol. The maximum absolute atomic E-state index is 12.1. The molecule has 0 bridgehead atoms. The number of H-pyrrole nitrogens is 1. The summed E-state index contributed by atoms with van der Waals surface area (Å²) < 4.78 is 17.7. The lowest BCUT2D eigenvalue weighted by molar-refractivity contribution is 0.0520. The Labute approximate surface area is 160 Å². The van der Waals surface area contributed by atoms with Crippen LogP contribution in [0.5, 0.6) is 11.5 Å². The highest BCUT2D eigenvalue weighted by Gasteiger charge is 2.24. The number of rotatable bonds is 7. The van der Waals surface area contributed by atoms with Crippen LogP contribution in [0.2, 0.25) is 0 Å². The molecule has 0 radical (unpaired) electrons. The van der Waals surface area contributed by atoms with Crippen molar-refractivity contribution in [3.05, 3.63) is 22.3 Å². The Bertz CT molecular complexity index is 772. The zero-order valence-electron chi connectivity index (χ0n) is 14.9. The maximum atomic E-state index is 12.1. The Morgan fingerprint density at radius 1 is 1.23 bits per heavy atom. The number of ether oxygens (including phenoxy) is 3. The van der Waals surface area contributed by atoms with Crippen LogP contribution in [-0.2, 0) is 4.74 Å². The summed E-state index contributed by atoms with van der Waals surface area (Å²) in [5.74, 6) is 0.780. The molecule has 3 rings (SSSR count). The smallest absolute Gasteiger partial charge is 0.361 e. The SMILES string of the molecule is CCOC(=O)c1n[nH]nc1-c1cc(Br)c(OC2CCCC2)c(OCC)c1. The Hall–Kier alpha value is -2.09. The minimum Gasteiger partial charge on any atom is -0.490 e. The molecule has 1 aliphatic rings. The number of esters is 1. The summed E-state index contributed by atoms with van der Waals surface area (Å²) in [6, 6.07) is 3.67. The van der Waals surface area contributed by atoms with Crippen LogP contribution in [0.15, 0.2) is 16.6 Å². The number of nitrogens with one attached hydrogen (secondary N) is 1. The molecule has 0 amide bonds. The molecule has 0 aliphatic heterocycles. The lowest BCUT2D eigenvalue weighted by Crippen LogP contribution is -2.12. The minimum absolute atomic E-state index is 0.144. The second-order valence-electron chi connectivity index (χ2n) is 5.98. The molecular formula is C18H22BrN3O4. The third-order valence-electron chi connectivity index (χ3n) is 4.19. The predicted octanol–water partition coefficient (Wildman–Crippen LogP) is 4.13. The van der Waals surface area contributed by atoms with E-state index in [9.17, 15) is 4.79 Å². The molecule has 1 saturated carbocycles. The summed E-state index contributed by atoms with van der Waals surface area (Å²) in [7, 11) is 0. The van der Waals surface area contributed by atoms with Crippen molar-refractivity contribution in [3.63, 3.8) is 0 Å². The molecule has 7 nitrogen and oxygen atoms in total. The van der Waals surface area contributed by atoms with Gasteiger partial charge in [-0.2, -0.15) is 10.3 Å². The van der Waals surface area contributed by atoms with Gasteiger partial charge in [-0.05, 0) is 67.6 Å². The number of carbonyl (C=O) groups excluding carboxylic acids is 1. The molecule has 0 unspecified atom stereocenters. The summed E-state index contributed by atoms with van der Waals surface area (Å²) in [6.07, 6.45) is 4.68. The molecule has 1 aromatic carbocycles. The highest BCUT2D eigenvalue weighted by Crippen LogP contribution is 2.41. The van der Waals surface area contributed by atoms with Crippen molar-refractivity contribution in [3.8, 4) is 22.8 Å². The molecule has 0 saturated heterocycles. The zero-order valence-corrected chi connectivity index (χ0v) is 16.5. The number of carbonyl (C=O) groups is 1. The van der Waals surface area contributed by atoms with Gasteiger partial charge in [0.1, 0.15) is 5.69 Å². The van der Waals surface area contributed by atoms with E-state index in [0.29, 0.717) is 29.4 Å². The number of hydrogen-bond acceptors (Lipinski definition) is 6. The summed E-state index contributed by atoms with van der Waals surface area (Å²) in [6.45, 7) is 4.43. The molecular weight excluding hydrogens is 402 g/mol. The van der Waals surface area contributed by atoms with Gasteiger partial charge in [-0.3, -0.25) is 0 Å². The Morgan fingerprint density at radius 2 is 2.00 bits per heavy atom. The second-order valence-corrected chi connectivity index (χ2v) is 6.84. The van der Waals surface area contributed by atoms with Gasteiger partial charge < -0.3 is 14.2 Å². The first-order chi connectivity index (χ1) is 12.6. The molecule has 26 heavy (non-hydrogen) atoms. The van der Waals surface area contributed by atoms with E-state index in [-0.39, 0.29) is 18.4 Å². The highest BCUT2D eigenvalue weighted by atomic mass is 79.9. The molecule has 2 aromatic rings. The van der Waals surface area contributed by atoms with E-state index < -0.39 is 5.97 Å². The molecule has 0 spiro atoms. The van der Waals surface area contributed by atoms with Crippen LogP contribution in [0, 0.1) is 0 Å². The number of benzene rings is 1. The van der Waals surface area contributed by atoms with Crippen LogP contribution in [0.25, 0.3) is 11.3 Å². The van der Waals surface area contributed by atoms with Crippen LogP contribution < -0.4 is 9.47 Å². The van der Waals surface area contributed by atoms with Gasteiger partial charge in [0.2, 0.25) is 0 Å². The first-order valence-electron chi connectivity index (χ1n) is 8.85. The van der Waals surface area contributed by atoms with Crippen LogP contribution in [0.3, 0.4) is 0 Å². The average molecular weight is 424 g/mol. The summed E-state index contributed by atoms with van der Waals surface area (Å²) in [5, 5.41) is 10.5. The van der Waals surface area contributed by atoms with Gasteiger partial charge in [0, 0.05) is 5.56 Å². The van der Waals surface area contributed by atoms with Crippen molar-refractivity contribution in [2.24, 2.45) is 0 Å². The van der Waals surface area contributed by atoms with Crippen LogP contribution in [0.4, 0.5) is 0 Å². The van der Waals surface area contributed by atoms with E-state index in [0.717, 1.165) is 17.3 Å². The van der Waals surface area contributed by atoms with Gasteiger partial charge in [-0.15, -0.1) is 5.10 Å². The van der Waals surface area contributed by atoms with Crippen molar-refractivity contribution in [1.82, 2.24) is 15.4 Å². The number of nitrogens with zero attached hydrogens (tertiary/aromatic N) is 2. The Balaban J connectivity index is 1.96. The number of halogens is 1. The van der Waals surface area contributed by atoms with Gasteiger partial charge in [0.25, 0.3) is 0 Å². The van der Waals surface area contributed by atoms with Crippen LogP contribution in [-0.4, -0.2) is 40.7 Å². The molecule has 1 aliphatic carbocycles. The van der Waals surface area contributed by atoms with E-state index in [1.54, 1.807) is 6.92 Å². The normalized spacial score (nSPS) is 14.4. The van der Waals surface area contributed by atoms with Gasteiger partial charge in [0.15, 0.2) is 17.2 Å². The third kappa shape index (κ3) is 4.00. The van der Waals surface area contributed by atoms with E-state index in [4.69, 9.17) is 14.2 Å². The molecule has 140 valence electrons. The third-order valence-corrected chi connectivity index (χ3v) is 4.78. The molecule has 1 heterocycles. The standard InChI is InChI=1S/C18H22BrN3O4/c1-3-24-14-10-11(15-16(21-22-20-15)18(23)25-4-2)9-13(19)17(14)26-12-7-5-6-8-12/h9-10,12H,3-8H2,1-2H3,(H,20,21,22). The van der Waals surface area contributed by atoms with Crippen molar-refractivity contribution < 1.29 is 19.0 Å². The average Bonchev–Trinajstić information content (AvgIpc) is 3.29. The maximum Gasteiger partial charge on any atom is 0.361 e. The van der Waals surface area contributed by atoms with E-state index >= 15 is 0 Å². The van der Waals surface area contributed by atoms with Crippen molar-refractivity contribution >= 4 is 21.9 Å². The molecule has 0 atom stereocenters. The topological polar surface area (TPSA) is 86.3 Å². The van der Waals surface area contributed by atoms with Crippen molar-refractivity contribution in [2.45, 2.75) is 45.6 Å². The monoisotopic (exact) mass is 423 g/mol. The lowest BCUT2D eigenvalue weighted by atomic mass is 10.1. The first kappa shape index (κ1) is 18.7. The Morgan fingerprint density at radius 3 is 2.69 bits per heavy atom. The first-order valence-corrected chi connectivity index (χ1v) is 9.64. The minimum atomic E-state index is -0.517. The van der Waals surface area contributed by atoms with Crippen LogP contribution in [0.1, 0.15) is 50.0 Å². The van der Waals surface area contributed by atoms with Crippen LogP contribution >= 0.6 is 15.9 Å². The molecule has 1 N–H and O–H groups in total. The van der Waals surface area contributed by atoms with E-state index in [1.807, 2.05) is 19.1 Å². The molecule has 1 aromatic heterocycles. The van der Waals surface area contributed by atoms with Gasteiger partial charge in [-0.1, -0.05) is 0 Å². The van der Waals surface area contributed by atoms with E-state index in [2.05, 4.69) is 31.3 Å². The zero-order chi connectivity index (χ0) is 18.5. The van der Waals surface area contributed by atoms with E-state index in [1.165, 1.54) is 12.8 Å². The summed E-state index contributed by atoms with van der Waals surface area (Å²) in [5.41, 5.74) is 1.25. The fraction of sp³-hybridized carbons (Fsp3) is 0.500. The summed E-state index contributed by atoms with van der Waals surface area (Å²) in [4.78, 5) is 12.1. The highest BCUT2D eigenvalue weighted by molar-refractivity contribution is 9.10. The molecule has 8 heteroatoms. The van der Waals surface area contributed by atoms with Gasteiger partial charge in [0.05, 0.1) is 23.8 Å². The fourth-order valence-corrected chi connectivity index (χ4v) is 3.56. The number of hydrogen-bond donors (Lipinski definition) is 1. The quantitative estimate of drug-likeness (QED) is 0.673. The number of aromatic nitrogens is 3. The number of aromatic amines is 1. The summed E-state index contributed by atoms with van der Waals surface area (Å²) >= 11 is 3.57. The lowest BCUT2D eigenvalue weighted by Gasteiger charge is -2.19. The molecule has 1 fully saturated rings.